The van der Waals surface area contributed by atoms with Crippen molar-refractivity contribution < 1.29 is 19.1 Å². The van der Waals surface area contributed by atoms with Crippen molar-refractivity contribution in [3.63, 3.8) is 0 Å². The van der Waals surface area contributed by atoms with Gasteiger partial charge in [0.05, 0.1) is 5.92 Å². The highest BCUT2D eigenvalue weighted by molar-refractivity contribution is 9.10. The Balaban J connectivity index is 3.00. The highest BCUT2D eigenvalue weighted by Gasteiger charge is 2.27. The van der Waals surface area contributed by atoms with E-state index in [1.807, 2.05) is 0 Å². The van der Waals surface area contributed by atoms with Crippen LogP contribution in [-0.4, -0.2) is 16.9 Å². The van der Waals surface area contributed by atoms with Gasteiger partial charge in [0.1, 0.15) is 5.82 Å². The van der Waals surface area contributed by atoms with E-state index in [0.29, 0.717) is 10.0 Å². The van der Waals surface area contributed by atoms with Gasteiger partial charge in [0.2, 0.25) is 0 Å². The Morgan fingerprint density at radius 2 is 1.88 bits per heavy atom. The zero-order valence-corrected chi connectivity index (χ0v) is 11.0. The Bertz CT molecular complexity index is 459. The Kier molecular flexibility index (Phi) is 4.40. The van der Waals surface area contributed by atoms with Crippen LogP contribution in [0.1, 0.15) is 24.2 Å². The summed E-state index contributed by atoms with van der Waals surface area (Å²) in [4.78, 5) is 22.8. The molecule has 0 aliphatic heterocycles. The number of benzene rings is 1. The average Bonchev–Trinajstić information content (AvgIpc) is 2.26. The molecule has 17 heavy (non-hydrogen) atoms. The van der Waals surface area contributed by atoms with Crippen LogP contribution in [0.2, 0.25) is 0 Å². The monoisotopic (exact) mass is 302 g/mol. The van der Waals surface area contributed by atoms with Crippen molar-refractivity contribution in [1.29, 1.82) is 0 Å². The largest absolute Gasteiger partial charge is 0.481 e. The van der Waals surface area contributed by atoms with Crippen LogP contribution in [0.15, 0.2) is 22.7 Å². The topological polar surface area (TPSA) is 54.4 Å². The van der Waals surface area contributed by atoms with Crippen molar-refractivity contribution in [1.82, 2.24) is 0 Å². The van der Waals surface area contributed by atoms with Gasteiger partial charge in [-0.2, -0.15) is 0 Å². The lowest BCUT2D eigenvalue weighted by Gasteiger charge is -2.15. The quantitative estimate of drug-likeness (QED) is 0.869. The fraction of sp³-hybridized carbons (Fsp3) is 0.333. The van der Waals surface area contributed by atoms with Crippen LogP contribution in [0, 0.1) is 17.7 Å². The maximum atomic E-state index is 12.9. The maximum absolute atomic E-state index is 12.9. The van der Waals surface area contributed by atoms with Crippen LogP contribution in [-0.2, 0) is 4.79 Å². The number of rotatable bonds is 4. The molecule has 1 rings (SSSR count). The number of carbonyl (C=O) groups is 2. The Hall–Kier alpha value is -1.23. The SMILES string of the molecule is CC(C(=O)O)C(C)C(=O)c1ccc(F)cc1Br. The first-order valence-electron chi connectivity index (χ1n) is 5.06. The van der Waals surface area contributed by atoms with E-state index in [1.54, 1.807) is 6.92 Å². The number of ketones is 1. The minimum absolute atomic E-state index is 0.298. The number of carboxylic acid groups (broad SMARTS) is 1. The van der Waals surface area contributed by atoms with Crippen LogP contribution in [0.4, 0.5) is 4.39 Å². The van der Waals surface area contributed by atoms with Gasteiger partial charge in [0.25, 0.3) is 0 Å². The highest BCUT2D eigenvalue weighted by Crippen LogP contribution is 2.24. The van der Waals surface area contributed by atoms with Crippen LogP contribution < -0.4 is 0 Å². The number of hydrogen-bond acceptors (Lipinski definition) is 2. The van der Waals surface area contributed by atoms with Crippen LogP contribution >= 0.6 is 15.9 Å². The van der Waals surface area contributed by atoms with E-state index in [9.17, 15) is 14.0 Å². The minimum atomic E-state index is -1.02. The zero-order chi connectivity index (χ0) is 13.2. The fourth-order valence-corrected chi connectivity index (χ4v) is 1.92. The van der Waals surface area contributed by atoms with Gasteiger partial charge in [0.15, 0.2) is 5.78 Å². The molecule has 0 amide bonds. The number of carboxylic acids is 1. The van der Waals surface area contributed by atoms with Crippen molar-refractivity contribution in [2.75, 3.05) is 0 Å². The molecule has 2 unspecified atom stereocenters. The standard InChI is InChI=1S/C12H12BrFO3/c1-6(7(2)12(16)17)11(15)9-4-3-8(14)5-10(9)13/h3-7H,1-2H3,(H,16,17). The van der Waals surface area contributed by atoms with E-state index in [1.165, 1.54) is 25.1 Å². The summed E-state index contributed by atoms with van der Waals surface area (Å²) in [6, 6.07) is 3.72. The summed E-state index contributed by atoms with van der Waals surface area (Å²) >= 11 is 3.09. The molecule has 0 aliphatic rings. The summed E-state index contributed by atoms with van der Waals surface area (Å²) in [5.74, 6) is -3.23. The molecule has 0 saturated heterocycles. The van der Waals surface area contributed by atoms with Gasteiger partial charge in [-0.15, -0.1) is 0 Å². The molecular formula is C12H12BrFO3. The van der Waals surface area contributed by atoms with Gasteiger partial charge < -0.3 is 5.11 Å². The first-order valence-corrected chi connectivity index (χ1v) is 5.86. The van der Waals surface area contributed by atoms with Crippen molar-refractivity contribution in [2.24, 2.45) is 11.8 Å². The van der Waals surface area contributed by atoms with Gasteiger partial charge in [-0.3, -0.25) is 9.59 Å². The Labute approximate surface area is 107 Å². The lowest BCUT2D eigenvalue weighted by Crippen LogP contribution is -2.25. The molecule has 0 spiro atoms. The van der Waals surface area contributed by atoms with Gasteiger partial charge in [-0.25, -0.2) is 4.39 Å². The van der Waals surface area contributed by atoms with Crippen LogP contribution in [0.25, 0.3) is 0 Å². The van der Waals surface area contributed by atoms with E-state index in [-0.39, 0.29) is 5.78 Å². The first kappa shape index (κ1) is 13.8. The predicted octanol–water partition coefficient (Wildman–Crippen LogP) is 3.13. The molecule has 0 aromatic heterocycles. The molecule has 0 heterocycles. The average molecular weight is 303 g/mol. The summed E-state index contributed by atoms with van der Waals surface area (Å²) in [7, 11) is 0. The van der Waals surface area contributed by atoms with Crippen LogP contribution in [0.5, 0.6) is 0 Å². The van der Waals surface area contributed by atoms with Crippen molar-refractivity contribution in [2.45, 2.75) is 13.8 Å². The third kappa shape index (κ3) is 3.12. The van der Waals surface area contributed by atoms with E-state index in [4.69, 9.17) is 5.11 Å². The van der Waals surface area contributed by atoms with Crippen molar-refractivity contribution in [3.05, 3.63) is 34.1 Å². The summed E-state index contributed by atoms with van der Waals surface area (Å²) in [5, 5.41) is 8.84. The van der Waals surface area contributed by atoms with Gasteiger partial charge >= 0.3 is 5.97 Å². The molecule has 2 atom stereocenters. The molecular weight excluding hydrogens is 291 g/mol. The molecule has 0 fully saturated rings. The van der Waals surface area contributed by atoms with Gasteiger partial charge in [0, 0.05) is 16.0 Å². The smallest absolute Gasteiger partial charge is 0.306 e. The van der Waals surface area contributed by atoms with E-state index in [0.717, 1.165) is 0 Å². The Morgan fingerprint density at radius 3 is 2.35 bits per heavy atom. The number of carbonyl (C=O) groups excluding carboxylic acids is 1. The minimum Gasteiger partial charge on any atom is -0.481 e. The molecule has 0 bridgehead atoms. The second-order valence-electron chi connectivity index (χ2n) is 3.90. The molecule has 0 radical (unpaired) electrons. The molecule has 0 saturated carbocycles. The molecule has 1 aromatic carbocycles. The van der Waals surface area contributed by atoms with E-state index < -0.39 is 23.6 Å². The highest BCUT2D eigenvalue weighted by atomic mass is 79.9. The molecule has 92 valence electrons. The Morgan fingerprint density at radius 1 is 1.29 bits per heavy atom. The number of halogens is 2. The summed E-state index contributed by atoms with van der Waals surface area (Å²) in [5.41, 5.74) is 0.298. The second-order valence-corrected chi connectivity index (χ2v) is 4.76. The lowest BCUT2D eigenvalue weighted by atomic mass is 9.88. The first-order chi connectivity index (χ1) is 7.84. The maximum Gasteiger partial charge on any atom is 0.306 e. The van der Waals surface area contributed by atoms with Crippen molar-refractivity contribution >= 4 is 27.7 Å². The summed E-state index contributed by atoms with van der Waals surface area (Å²) in [6.45, 7) is 3.03. The molecule has 0 aliphatic carbocycles. The van der Waals surface area contributed by atoms with E-state index >= 15 is 0 Å². The molecule has 3 nitrogen and oxygen atoms in total. The number of aliphatic carboxylic acids is 1. The summed E-state index contributed by atoms with van der Waals surface area (Å²) < 4.78 is 13.2. The number of hydrogen-bond donors (Lipinski definition) is 1. The van der Waals surface area contributed by atoms with Gasteiger partial charge in [-0.05, 0) is 34.1 Å². The zero-order valence-electron chi connectivity index (χ0n) is 9.41. The fourth-order valence-electron chi connectivity index (χ4n) is 1.38. The normalized spacial score (nSPS) is 14.1. The summed E-state index contributed by atoms with van der Waals surface area (Å²) in [6.07, 6.45) is 0. The molecule has 1 N–H and O–H groups in total. The molecule has 5 heteroatoms. The third-order valence-corrected chi connectivity index (χ3v) is 3.41. The third-order valence-electron chi connectivity index (χ3n) is 2.75. The van der Waals surface area contributed by atoms with Gasteiger partial charge in [-0.1, -0.05) is 13.8 Å². The van der Waals surface area contributed by atoms with Crippen molar-refractivity contribution in [3.8, 4) is 0 Å². The lowest BCUT2D eigenvalue weighted by molar-refractivity contribution is -0.142. The predicted molar refractivity (Wildman–Crippen MR) is 64.4 cm³/mol. The molecule has 1 aromatic rings. The number of Topliss-reactive ketones (excluding diaryl/α,β-unsaturated/α-hetero) is 1. The van der Waals surface area contributed by atoms with E-state index in [2.05, 4.69) is 15.9 Å². The second kappa shape index (κ2) is 5.40. The van der Waals surface area contributed by atoms with Crippen LogP contribution in [0.3, 0.4) is 0 Å².